The maximum atomic E-state index is 5.10. The third-order valence-corrected chi connectivity index (χ3v) is 1.21. The Kier molecular flexibility index (Phi) is 10.8. The molecule has 0 amide bonds. The van der Waals surface area contributed by atoms with Crippen LogP contribution in [0, 0.1) is 0 Å². The van der Waals surface area contributed by atoms with Gasteiger partial charge < -0.3 is 5.73 Å². The molecule has 7 heavy (non-hydrogen) atoms. The summed E-state index contributed by atoms with van der Waals surface area (Å²) in [6.45, 7) is 2.02. The second-order valence-electron chi connectivity index (χ2n) is 0.752. The quantitative estimate of drug-likeness (QED) is 0.536. The molecule has 0 fully saturated rings. The minimum atomic E-state index is 0. The molecule has 4 heteroatoms. The Morgan fingerprint density at radius 3 is 2.29 bits per heavy atom. The standard InChI is InChI=1S/C3H7NS2.Ag/c1-2-6-3(4)5;/h2H2,1H3,(H2,4,5);. The summed E-state index contributed by atoms with van der Waals surface area (Å²) in [7, 11) is 0. The Bertz CT molecular complexity index is 56.9. The fourth-order valence-electron chi connectivity index (χ4n) is 0.142. The van der Waals surface area contributed by atoms with Crippen molar-refractivity contribution in [2.24, 2.45) is 5.73 Å². The van der Waals surface area contributed by atoms with Gasteiger partial charge in [0.05, 0.1) is 0 Å². The second kappa shape index (κ2) is 6.98. The minimum absolute atomic E-state index is 0. The summed E-state index contributed by atoms with van der Waals surface area (Å²) in [5, 5.41) is 0. The molecule has 0 aliphatic rings. The molecule has 0 atom stereocenters. The fraction of sp³-hybridized carbons (Fsp3) is 0.667. The first-order valence-corrected chi connectivity index (χ1v) is 3.09. The fourth-order valence-corrected chi connectivity index (χ4v) is 0.780. The molecule has 0 bridgehead atoms. The first-order valence-electron chi connectivity index (χ1n) is 1.69. The molecule has 1 nitrogen and oxygen atoms in total. The topological polar surface area (TPSA) is 26.0 Å². The maximum Gasteiger partial charge on any atom is 0.131 e. The van der Waals surface area contributed by atoms with Crippen LogP contribution in [0.4, 0.5) is 0 Å². The monoisotopic (exact) mass is 228 g/mol. The molecule has 0 aromatic rings. The SMILES string of the molecule is CCSC(N)=S.[Ag]. The summed E-state index contributed by atoms with van der Waals surface area (Å²) in [6.07, 6.45) is 0. The van der Waals surface area contributed by atoms with Crippen molar-refractivity contribution >= 4 is 28.3 Å². The zero-order valence-electron chi connectivity index (χ0n) is 3.90. The summed E-state index contributed by atoms with van der Waals surface area (Å²) in [6, 6.07) is 0. The molecule has 1 radical (unpaired) electrons. The number of hydrogen-bond donors (Lipinski definition) is 1. The number of rotatable bonds is 1. The van der Waals surface area contributed by atoms with Gasteiger partial charge in [-0.2, -0.15) is 0 Å². The Hall–Kier alpha value is 0.980. The van der Waals surface area contributed by atoms with Crippen LogP contribution in [0.15, 0.2) is 0 Å². The van der Waals surface area contributed by atoms with Crippen LogP contribution in [-0.2, 0) is 22.4 Å². The largest absolute Gasteiger partial charge is 0.385 e. The van der Waals surface area contributed by atoms with Gasteiger partial charge in [0.1, 0.15) is 4.32 Å². The molecule has 0 aliphatic heterocycles. The van der Waals surface area contributed by atoms with Crippen molar-refractivity contribution in [3.8, 4) is 0 Å². The number of thiocarbonyl (C=S) groups is 1. The molecular weight excluding hydrogens is 222 g/mol. The summed E-state index contributed by atoms with van der Waals surface area (Å²) in [5.74, 6) is 0.981. The van der Waals surface area contributed by atoms with E-state index >= 15 is 0 Å². The Balaban J connectivity index is 0. The van der Waals surface area contributed by atoms with Crippen molar-refractivity contribution in [2.75, 3.05) is 5.75 Å². The Morgan fingerprint density at radius 1 is 1.86 bits per heavy atom. The van der Waals surface area contributed by atoms with Gasteiger partial charge in [-0.05, 0) is 5.75 Å². The average Bonchev–Trinajstić information content (AvgIpc) is 1.35. The average molecular weight is 229 g/mol. The predicted molar refractivity (Wildman–Crippen MR) is 34.9 cm³/mol. The molecular formula is C3H7AgNS2. The van der Waals surface area contributed by atoms with Gasteiger partial charge in [-0.1, -0.05) is 30.9 Å². The zero-order chi connectivity index (χ0) is 4.99. The van der Waals surface area contributed by atoms with Crippen LogP contribution in [0.2, 0.25) is 0 Å². The molecule has 0 aliphatic carbocycles. The number of nitrogens with two attached hydrogens (primary N) is 1. The first kappa shape index (κ1) is 10.9. The van der Waals surface area contributed by atoms with E-state index in [1.54, 1.807) is 0 Å². The van der Waals surface area contributed by atoms with Gasteiger partial charge >= 0.3 is 0 Å². The van der Waals surface area contributed by atoms with E-state index in [0.29, 0.717) is 4.32 Å². The summed E-state index contributed by atoms with van der Waals surface area (Å²) >= 11 is 6.03. The summed E-state index contributed by atoms with van der Waals surface area (Å²) in [5.41, 5.74) is 5.10. The molecule has 0 unspecified atom stereocenters. The van der Waals surface area contributed by atoms with Gasteiger partial charge in [0, 0.05) is 22.4 Å². The first-order chi connectivity index (χ1) is 2.77. The van der Waals surface area contributed by atoms with E-state index in [1.165, 1.54) is 11.8 Å². The van der Waals surface area contributed by atoms with Crippen LogP contribution in [-0.4, -0.2) is 10.1 Å². The normalized spacial score (nSPS) is 7.00. The van der Waals surface area contributed by atoms with Crippen molar-refractivity contribution in [1.82, 2.24) is 0 Å². The Morgan fingerprint density at radius 2 is 2.29 bits per heavy atom. The van der Waals surface area contributed by atoms with Crippen molar-refractivity contribution in [3.05, 3.63) is 0 Å². The molecule has 47 valence electrons. The Labute approximate surface area is 68.9 Å². The van der Waals surface area contributed by atoms with Crippen LogP contribution in [0.25, 0.3) is 0 Å². The molecule has 2 N–H and O–H groups in total. The summed E-state index contributed by atoms with van der Waals surface area (Å²) in [4.78, 5) is 0. The van der Waals surface area contributed by atoms with Gasteiger partial charge in [0.25, 0.3) is 0 Å². The van der Waals surface area contributed by atoms with E-state index in [0.717, 1.165) is 5.75 Å². The van der Waals surface area contributed by atoms with Crippen molar-refractivity contribution in [2.45, 2.75) is 6.92 Å². The predicted octanol–water partition coefficient (Wildman–Crippen LogP) is 0.981. The third-order valence-electron chi connectivity index (χ3n) is 0.287. The van der Waals surface area contributed by atoms with Gasteiger partial charge in [-0.3, -0.25) is 0 Å². The number of hydrogen-bond acceptors (Lipinski definition) is 2. The molecule has 0 heterocycles. The molecule has 0 saturated heterocycles. The summed E-state index contributed by atoms with van der Waals surface area (Å²) < 4.78 is 0.539. The van der Waals surface area contributed by atoms with Crippen LogP contribution < -0.4 is 5.73 Å². The van der Waals surface area contributed by atoms with Gasteiger partial charge in [-0.15, -0.1) is 0 Å². The second-order valence-corrected chi connectivity index (χ2v) is 2.76. The third kappa shape index (κ3) is 10.9. The minimum Gasteiger partial charge on any atom is -0.385 e. The van der Waals surface area contributed by atoms with Crippen LogP contribution in [0.3, 0.4) is 0 Å². The van der Waals surface area contributed by atoms with Crippen LogP contribution in [0.1, 0.15) is 6.92 Å². The van der Waals surface area contributed by atoms with Gasteiger partial charge in [-0.25, -0.2) is 0 Å². The maximum absolute atomic E-state index is 5.10. The van der Waals surface area contributed by atoms with E-state index in [1.807, 2.05) is 6.92 Å². The van der Waals surface area contributed by atoms with Crippen molar-refractivity contribution in [1.29, 1.82) is 0 Å². The number of thioether (sulfide) groups is 1. The van der Waals surface area contributed by atoms with Crippen molar-refractivity contribution in [3.63, 3.8) is 0 Å². The molecule has 0 saturated carbocycles. The van der Waals surface area contributed by atoms with E-state index in [-0.39, 0.29) is 22.4 Å². The van der Waals surface area contributed by atoms with Gasteiger partial charge in [0.15, 0.2) is 0 Å². The molecule has 0 spiro atoms. The van der Waals surface area contributed by atoms with Crippen LogP contribution in [0.5, 0.6) is 0 Å². The zero-order valence-corrected chi connectivity index (χ0v) is 7.02. The molecule has 0 rings (SSSR count). The van der Waals surface area contributed by atoms with E-state index < -0.39 is 0 Å². The van der Waals surface area contributed by atoms with E-state index in [2.05, 4.69) is 12.2 Å². The van der Waals surface area contributed by atoms with Crippen LogP contribution >= 0.6 is 24.0 Å². The van der Waals surface area contributed by atoms with E-state index in [9.17, 15) is 0 Å². The molecule has 0 aromatic heterocycles. The van der Waals surface area contributed by atoms with Gasteiger partial charge in [0.2, 0.25) is 0 Å². The van der Waals surface area contributed by atoms with E-state index in [4.69, 9.17) is 5.73 Å². The smallest absolute Gasteiger partial charge is 0.131 e. The molecule has 0 aromatic carbocycles. The van der Waals surface area contributed by atoms with Crippen molar-refractivity contribution < 1.29 is 22.4 Å².